The van der Waals surface area contributed by atoms with Gasteiger partial charge in [-0.25, -0.2) is 0 Å². The van der Waals surface area contributed by atoms with Crippen LogP contribution in [0, 0.1) is 0 Å². The van der Waals surface area contributed by atoms with Gasteiger partial charge >= 0.3 is 5.97 Å². The molecule has 2 aromatic rings. The number of hydrogen-bond acceptors (Lipinski definition) is 5. The largest absolute Gasteiger partial charge is 0.491 e. The Labute approximate surface area is 202 Å². The Bertz CT molecular complexity index is 1060. The fourth-order valence-electron chi connectivity index (χ4n) is 6.03. The van der Waals surface area contributed by atoms with E-state index in [1.54, 1.807) is 0 Å². The molecule has 0 aromatic heterocycles. The Kier molecular flexibility index (Phi) is 6.75. The minimum Gasteiger partial charge on any atom is -0.491 e. The Morgan fingerprint density at radius 1 is 1.18 bits per heavy atom. The van der Waals surface area contributed by atoms with E-state index in [0.29, 0.717) is 24.6 Å². The second-order valence-electron chi connectivity index (χ2n) is 9.99. The predicted molar refractivity (Wildman–Crippen MR) is 132 cm³/mol. The summed E-state index contributed by atoms with van der Waals surface area (Å²) in [4.78, 5) is 14.4. The van der Waals surface area contributed by atoms with E-state index in [9.17, 15) is 9.90 Å². The van der Waals surface area contributed by atoms with Crippen molar-refractivity contribution in [2.45, 2.75) is 83.1 Å². The molecule has 3 aliphatic rings. The maximum atomic E-state index is 11.9. The van der Waals surface area contributed by atoms with Crippen molar-refractivity contribution >= 4 is 11.5 Å². The van der Waals surface area contributed by atoms with Crippen LogP contribution in [0.15, 0.2) is 54.3 Å². The van der Waals surface area contributed by atoms with Gasteiger partial charge in [0.15, 0.2) is 0 Å². The standard InChI is InChI=1S/C29H35NO4/c1-19(8-6-11-21-9-4-3-5-10-21)33-23-13-14-24-25(18-23)29-27(30-15-7-12-26(24)30)16-22(32)17-28(29)34-20(2)31/h3-5,9-10,13-14,18-19,22,26-27,32H,6-8,11-12,15-17H2,1-2H3/t19-,22+,26?,27?/m1/s1. The number of aliphatic hydroxyl groups excluding tert-OH is 1. The number of carbonyl (C=O) groups is 1. The Morgan fingerprint density at radius 2 is 2.00 bits per heavy atom. The second kappa shape index (κ2) is 9.93. The predicted octanol–water partition coefficient (Wildman–Crippen LogP) is 5.42. The maximum Gasteiger partial charge on any atom is 0.307 e. The lowest BCUT2D eigenvalue weighted by Crippen LogP contribution is -2.44. The first-order valence-corrected chi connectivity index (χ1v) is 12.7. The summed E-state index contributed by atoms with van der Waals surface area (Å²) in [6.45, 7) is 4.57. The van der Waals surface area contributed by atoms with E-state index in [2.05, 4.69) is 60.4 Å². The molecule has 1 fully saturated rings. The lowest BCUT2D eigenvalue weighted by Gasteiger charge is -2.44. The van der Waals surface area contributed by atoms with Gasteiger partial charge in [-0.3, -0.25) is 9.69 Å². The lowest BCUT2D eigenvalue weighted by molar-refractivity contribution is -0.137. The van der Waals surface area contributed by atoms with Crippen LogP contribution < -0.4 is 4.74 Å². The molecular formula is C29H35NO4. The summed E-state index contributed by atoms with van der Waals surface area (Å²) in [5, 5.41) is 10.6. The van der Waals surface area contributed by atoms with Gasteiger partial charge in [0.2, 0.25) is 0 Å². The molecule has 5 rings (SSSR count). The van der Waals surface area contributed by atoms with Gasteiger partial charge in [0.25, 0.3) is 0 Å². The van der Waals surface area contributed by atoms with Gasteiger partial charge < -0.3 is 14.6 Å². The smallest absolute Gasteiger partial charge is 0.307 e. The van der Waals surface area contributed by atoms with E-state index in [1.165, 1.54) is 18.1 Å². The van der Waals surface area contributed by atoms with Crippen LogP contribution in [0.5, 0.6) is 5.75 Å². The van der Waals surface area contributed by atoms with Crippen LogP contribution in [0.3, 0.4) is 0 Å². The van der Waals surface area contributed by atoms with Gasteiger partial charge in [-0.2, -0.15) is 0 Å². The van der Waals surface area contributed by atoms with Crippen LogP contribution in [0.1, 0.15) is 75.1 Å². The molecule has 1 N–H and O–H groups in total. The zero-order chi connectivity index (χ0) is 23.7. The first-order valence-electron chi connectivity index (χ1n) is 12.7. The number of rotatable bonds is 7. The van der Waals surface area contributed by atoms with Crippen molar-refractivity contribution in [2.24, 2.45) is 0 Å². The molecule has 2 unspecified atom stereocenters. The fourth-order valence-corrected chi connectivity index (χ4v) is 6.03. The molecule has 1 aliphatic carbocycles. The molecule has 0 spiro atoms. The zero-order valence-electron chi connectivity index (χ0n) is 20.2. The second-order valence-corrected chi connectivity index (χ2v) is 9.99. The van der Waals surface area contributed by atoms with E-state index in [0.717, 1.165) is 55.5 Å². The molecule has 180 valence electrons. The molecule has 2 heterocycles. The third kappa shape index (κ3) is 4.77. The number of ether oxygens (including phenoxy) is 2. The molecule has 2 aliphatic heterocycles. The van der Waals surface area contributed by atoms with Crippen LogP contribution in [0.4, 0.5) is 0 Å². The molecule has 5 heteroatoms. The molecule has 0 amide bonds. The maximum absolute atomic E-state index is 11.9. The summed E-state index contributed by atoms with van der Waals surface area (Å²) in [7, 11) is 0. The van der Waals surface area contributed by atoms with Gasteiger partial charge in [0.05, 0.1) is 12.2 Å². The number of carbonyl (C=O) groups excluding carboxylic acids is 1. The van der Waals surface area contributed by atoms with Gasteiger partial charge in [-0.1, -0.05) is 36.4 Å². The highest BCUT2D eigenvalue weighted by Crippen LogP contribution is 2.50. The Balaban J connectivity index is 1.38. The highest BCUT2D eigenvalue weighted by atomic mass is 16.5. The monoisotopic (exact) mass is 461 g/mol. The summed E-state index contributed by atoms with van der Waals surface area (Å²) < 4.78 is 12.0. The number of benzene rings is 2. The van der Waals surface area contributed by atoms with Crippen molar-refractivity contribution in [2.75, 3.05) is 6.54 Å². The number of nitrogens with zero attached hydrogens (tertiary/aromatic N) is 1. The molecule has 4 atom stereocenters. The van der Waals surface area contributed by atoms with Crippen molar-refractivity contribution in [3.05, 3.63) is 71.0 Å². The van der Waals surface area contributed by atoms with E-state index < -0.39 is 6.10 Å². The summed E-state index contributed by atoms with van der Waals surface area (Å²) in [5.74, 6) is 1.15. The topological polar surface area (TPSA) is 59.0 Å². The minimum atomic E-state index is -0.491. The van der Waals surface area contributed by atoms with Gasteiger partial charge in [-0.05, 0) is 80.8 Å². The molecule has 0 radical (unpaired) electrons. The third-order valence-electron chi connectivity index (χ3n) is 7.44. The van der Waals surface area contributed by atoms with Crippen LogP contribution >= 0.6 is 0 Å². The highest BCUT2D eigenvalue weighted by molar-refractivity contribution is 5.80. The van der Waals surface area contributed by atoms with Gasteiger partial charge in [0.1, 0.15) is 11.5 Å². The number of esters is 1. The van der Waals surface area contributed by atoms with E-state index in [-0.39, 0.29) is 18.1 Å². The van der Waals surface area contributed by atoms with Gasteiger partial charge in [-0.15, -0.1) is 0 Å². The van der Waals surface area contributed by atoms with Crippen molar-refractivity contribution in [3.63, 3.8) is 0 Å². The number of aryl methyl sites for hydroxylation is 1. The summed E-state index contributed by atoms with van der Waals surface area (Å²) in [5.41, 5.74) is 4.84. The molecule has 0 saturated carbocycles. The zero-order valence-corrected chi connectivity index (χ0v) is 20.2. The van der Waals surface area contributed by atoms with E-state index in [1.807, 2.05) is 0 Å². The molecule has 34 heavy (non-hydrogen) atoms. The molecule has 1 saturated heterocycles. The van der Waals surface area contributed by atoms with Crippen molar-refractivity contribution in [1.82, 2.24) is 4.90 Å². The van der Waals surface area contributed by atoms with Crippen molar-refractivity contribution in [1.29, 1.82) is 0 Å². The van der Waals surface area contributed by atoms with Crippen molar-refractivity contribution in [3.8, 4) is 5.75 Å². The molecule has 2 aromatic carbocycles. The lowest BCUT2D eigenvalue weighted by atomic mass is 9.78. The quantitative estimate of drug-likeness (QED) is 0.558. The van der Waals surface area contributed by atoms with E-state index in [4.69, 9.17) is 9.47 Å². The normalized spacial score (nSPS) is 24.7. The fraction of sp³-hybridized carbons (Fsp3) is 0.483. The number of fused-ring (bicyclic) bond motifs is 6. The third-order valence-corrected chi connectivity index (χ3v) is 7.44. The first-order chi connectivity index (χ1) is 16.5. The minimum absolute atomic E-state index is 0.0802. The Morgan fingerprint density at radius 3 is 2.79 bits per heavy atom. The highest BCUT2D eigenvalue weighted by Gasteiger charge is 2.45. The average molecular weight is 462 g/mol. The van der Waals surface area contributed by atoms with E-state index >= 15 is 0 Å². The van der Waals surface area contributed by atoms with Crippen LogP contribution in [0.2, 0.25) is 0 Å². The first kappa shape index (κ1) is 23.1. The average Bonchev–Trinajstić information content (AvgIpc) is 3.29. The van der Waals surface area contributed by atoms with Crippen LogP contribution in [-0.2, 0) is 16.0 Å². The Hall–Kier alpha value is -2.63. The molecular weight excluding hydrogens is 426 g/mol. The molecule has 0 bridgehead atoms. The number of aliphatic hydroxyl groups is 1. The SMILES string of the molecule is CC(=O)OC1=C2c3cc(O[C@H](C)CCCc4ccccc4)ccc3C3CCCN3C2C[C@H](O)C1. The summed E-state index contributed by atoms with van der Waals surface area (Å²) >= 11 is 0. The van der Waals surface area contributed by atoms with Gasteiger partial charge in [0, 0.05) is 31.0 Å². The van der Waals surface area contributed by atoms with Crippen LogP contribution in [0.25, 0.3) is 5.57 Å². The van der Waals surface area contributed by atoms with Crippen molar-refractivity contribution < 1.29 is 19.4 Å². The summed E-state index contributed by atoms with van der Waals surface area (Å²) in [6.07, 6.45) is 6.05. The number of hydrogen-bond donors (Lipinski definition) is 1. The summed E-state index contributed by atoms with van der Waals surface area (Å²) in [6, 6.07) is 17.4. The van der Waals surface area contributed by atoms with Crippen LogP contribution in [-0.4, -0.2) is 40.8 Å². The molecule has 5 nitrogen and oxygen atoms in total.